The van der Waals surface area contributed by atoms with Gasteiger partial charge in [-0.1, -0.05) is 18.2 Å². The van der Waals surface area contributed by atoms with Gasteiger partial charge in [-0.15, -0.1) is 11.3 Å². The molecule has 0 aliphatic rings. The first-order chi connectivity index (χ1) is 9.58. The summed E-state index contributed by atoms with van der Waals surface area (Å²) in [5.74, 6) is -0.289. The highest BCUT2D eigenvalue weighted by Gasteiger charge is 2.18. The minimum atomic E-state index is -0.745. The molecule has 1 heterocycles. The number of hydrogen-bond donors (Lipinski definition) is 1. The second-order valence-corrected chi connectivity index (χ2v) is 7.27. The van der Waals surface area contributed by atoms with E-state index < -0.39 is 6.10 Å². The molecule has 20 heavy (non-hydrogen) atoms. The molecule has 0 bridgehead atoms. The maximum Gasteiger partial charge on any atom is 0.124 e. The van der Waals surface area contributed by atoms with Gasteiger partial charge in [0.25, 0.3) is 0 Å². The van der Waals surface area contributed by atoms with Gasteiger partial charge in [0.05, 0.1) is 0 Å². The summed E-state index contributed by atoms with van der Waals surface area (Å²) in [5, 5.41) is 13.6. The lowest BCUT2D eigenvalue weighted by Crippen LogP contribution is -2.01. The normalized spacial score (nSPS) is 12.8. The van der Waals surface area contributed by atoms with E-state index in [2.05, 4.69) is 38.5 Å². The van der Waals surface area contributed by atoms with Crippen LogP contribution in [-0.2, 0) is 0 Å². The Balaban J connectivity index is 2.13. The minimum Gasteiger partial charge on any atom is -0.384 e. The monoisotopic (exact) mass is 462 g/mol. The number of thiophene rings is 1. The SMILES string of the molecule is OC(c1ccc(F)cc1I)c1csc2c(Br)cccc12. The van der Waals surface area contributed by atoms with Gasteiger partial charge < -0.3 is 5.11 Å². The lowest BCUT2D eigenvalue weighted by atomic mass is 10.0. The van der Waals surface area contributed by atoms with Crippen molar-refractivity contribution in [1.29, 1.82) is 0 Å². The van der Waals surface area contributed by atoms with Crippen LogP contribution in [0.15, 0.2) is 46.3 Å². The Morgan fingerprint density at radius 3 is 2.75 bits per heavy atom. The molecule has 1 unspecified atom stereocenters. The highest BCUT2D eigenvalue weighted by molar-refractivity contribution is 14.1. The average molecular weight is 463 g/mol. The fourth-order valence-corrected chi connectivity index (χ4v) is 4.56. The highest BCUT2D eigenvalue weighted by Crippen LogP contribution is 2.38. The van der Waals surface area contributed by atoms with E-state index >= 15 is 0 Å². The van der Waals surface area contributed by atoms with Crippen molar-refractivity contribution in [1.82, 2.24) is 0 Å². The molecule has 102 valence electrons. The standard InChI is InChI=1S/C15H9BrFIOS/c16-12-3-1-2-9-11(7-20-15(9)12)14(19)10-5-4-8(17)6-13(10)18/h1-7,14,19H. The first kappa shape index (κ1) is 14.4. The molecule has 0 amide bonds. The summed E-state index contributed by atoms with van der Waals surface area (Å²) in [4.78, 5) is 0. The molecule has 0 saturated heterocycles. The third kappa shape index (κ3) is 2.52. The lowest BCUT2D eigenvalue weighted by Gasteiger charge is -2.12. The van der Waals surface area contributed by atoms with E-state index in [1.807, 2.05) is 23.6 Å². The van der Waals surface area contributed by atoms with E-state index in [4.69, 9.17) is 0 Å². The second-order valence-electron chi connectivity index (χ2n) is 4.38. The summed E-state index contributed by atoms with van der Waals surface area (Å²) >= 11 is 7.16. The molecule has 0 radical (unpaired) electrons. The number of aliphatic hydroxyl groups is 1. The van der Waals surface area contributed by atoms with Crippen molar-refractivity contribution in [3.05, 3.63) is 66.8 Å². The van der Waals surface area contributed by atoms with E-state index in [0.29, 0.717) is 0 Å². The second kappa shape index (κ2) is 5.71. The van der Waals surface area contributed by atoms with Crippen LogP contribution in [-0.4, -0.2) is 5.11 Å². The van der Waals surface area contributed by atoms with Gasteiger partial charge in [0.1, 0.15) is 11.9 Å². The molecule has 1 nitrogen and oxygen atoms in total. The predicted octanol–water partition coefficient (Wildman–Crippen LogP) is 5.49. The van der Waals surface area contributed by atoms with E-state index in [9.17, 15) is 9.50 Å². The van der Waals surface area contributed by atoms with Crippen LogP contribution in [0, 0.1) is 9.39 Å². The summed E-state index contributed by atoms with van der Waals surface area (Å²) in [7, 11) is 0. The van der Waals surface area contributed by atoms with Gasteiger partial charge in [-0.25, -0.2) is 4.39 Å². The zero-order valence-electron chi connectivity index (χ0n) is 10.1. The van der Waals surface area contributed by atoms with Crippen molar-refractivity contribution in [2.24, 2.45) is 0 Å². The summed E-state index contributed by atoms with van der Waals surface area (Å²) in [6.45, 7) is 0. The number of aliphatic hydroxyl groups excluding tert-OH is 1. The van der Waals surface area contributed by atoms with Gasteiger partial charge in [-0.05, 0) is 73.0 Å². The molecule has 3 rings (SSSR count). The van der Waals surface area contributed by atoms with Crippen molar-refractivity contribution in [2.45, 2.75) is 6.10 Å². The van der Waals surface area contributed by atoms with E-state index in [1.165, 1.54) is 12.1 Å². The Morgan fingerprint density at radius 1 is 1.20 bits per heavy atom. The van der Waals surface area contributed by atoms with Crippen molar-refractivity contribution < 1.29 is 9.50 Å². The van der Waals surface area contributed by atoms with Crippen molar-refractivity contribution in [3.8, 4) is 0 Å². The third-order valence-electron chi connectivity index (χ3n) is 3.13. The first-order valence-electron chi connectivity index (χ1n) is 5.86. The number of rotatable bonds is 2. The quantitative estimate of drug-likeness (QED) is 0.499. The van der Waals surface area contributed by atoms with Crippen molar-refractivity contribution in [2.75, 3.05) is 0 Å². The average Bonchev–Trinajstić information content (AvgIpc) is 2.83. The Labute approximate surface area is 141 Å². The lowest BCUT2D eigenvalue weighted by molar-refractivity contribution is 0.221. The Morgan fingerprint density at radius 2 is 2.00 bits per heavy atom. The molecule has 3 aromatic rings. The van der Waals surface area contributed by atoms with Gasteiger partial charge in [-0.3, -0.25) is 0 Å². The van der Waals surface area contributed by atoms with Crippen LogP contribution >= 0.6 is 49.9 Å². The Bertz CT molecular complexity index is 787. The molecule has 0 fully saturated rings. The molecule has 0 saturated carbocycles. The molecule has 1 atom stereocenters. The molecule has 0 aliphatic carbocycles. The summed E-state index contributed by atoms with van der Waals surface area (Å²) < 4.78 is 16.0. The molecule has 2 aromatic carbocycles. The van der Waals surface area contributed by atoms with Crippen LogP contribution in [0.3, 0.4) is 0 Å². The van der Waals surface area contributed by atoms with Crippen LogP contribution in [0.2, 0.25) is 0 Å². The number of hydrogen-bond acceptors (Lipinski definition) is 2. The van der Waals surface area contributed by atoms with E-state index in [-0.39, 0.29) is 5.82 Å². The Kier molecular flexibility index (Phi) is 4.12. The highest BCUT2D eigenvalue weighted by atomic mass is 127. The van der Waals surface area contributed by atoms with Crippen LogP contribution in [0.4, 0.5) is 4.39 Å². The van der Waals surface area contributed by atoms with Gasteiger partial charge in [0.2, 0.25) is 0 Å². The fourth-order valence-electron chi connectivity index (χ4n) is 2.14. The molecular formula is C15H9BrFIOS. The molecular weight excluding hydrogens is 454 g/mol. The maximum atomic E-state index is 13.2. The van der Waals surface area contributed by atoms with Gasteiger partial charge >= 0.3 is 0 Å². The van der Waals surface area contributed by atoms with Crippen molar-refractivity contribution >= 4 is 59.9 Å². The summed E-state index contributed by atoms with van der Waals surface area (Å²) in [5.41, 5.74) is 1.59. The van der Waals surface area contributed by atoms with E-state index in [0.717, 1.165) is 29.3 Å². The maximum absolute atomic E-state index is 13.2. The Hall–Kier alpha value is -0.500. The van der Waals surface area contributed by atoms with Crippen molar-refractivity contribution in [3.63, 3.8) is 0 Å². The summed E-state index contributed by atoms with van der Waals surface area (Å²) in [6.07, 6.45) is -0.745. The zero-order chi connectivity index (χ0) is 14.3. The van der Waals surface area contributed by atoms with E-state index in [1.54, 1.807) is 17.4 Å². The topological polar surface area (TPSA) is 20.2 Å². The van der Waals surface area contributed by atoms with Crippen LogP contribution < -0.4 is 0 Å². The fraction of sp³-hybridized carbons (Fsp3) is 0.0667. The minimum absolute atomic E-state index is 0.289. The molecule has 0 spiro atoms. The van der Waals surface area contributed by atoms with Gasteiger partial charge in [0, 0.05) is 18.3 Å². The predicted molar refractivity (Wildman–Crippen MR) is 92.7 cm³/mol. The third-order valence-corrected chi connectivity index (χ3v) is 6.04. The smallest absolute Gasteiger partial charge is 0.124 e. The molecule has 1 aromatic heterocycles. The largest absolute Gasteiger partial charge is 0.384 e. The molecule has 5 heteroatoms. The van der Waals surface area contributed by atoms with Gasteiger partial charge in [-0.2, -0.15) is 0 Å². The first-order valence-corrected chi connectivity index (χ1v) is 8.61. The zero-order valence-corrected chi connectivity index (χ0v) is 14.7. The molecule has 1 N–H and O–H groups in total. The van der Waals surface area contributed by atoms with Crippen LogP contribution in [0.5, 0.6) is 0 Å². The number of benzene rings is 2. The number of fused-ring (bicyclic) bond motifs is 1. The number of halogens is 3. The summed E-state index contributed by atoms with van der Waals surface area (Å²) in [6, 6.07) is 10.4. The van der Waals surface area contributed by atoms with Gasteiger partial charge in [0.15, 0.2) is 0 Å². The van der Waals surface area contributed by atoms with Crippen LogP contribution in [0.1, 0.15) is 17.2 Å². The van der Waals surface area contributed by atoms with Crippen LogP contribution in [0.25, 0.3) is 10.1 Å². The molecule has 0 aliphatic heterocycles.